The molecule has 1 fully saturated rings. The quantitative estimate of drug-likeness (QED) is 0.885. The van der Waals surface area contributed by atoms with E-state index in [2.05, 4.69) is 29.4 Å². The highest BCUT2D eigenvalue weighted by atomic mass is 16.2. The van der Waals surface area contributed by atoms with Crippen molar-refractivity contribution in [3.63, 3.8) is 0 Å². The maximum absolute atomic E-state index is 12.3. The van der Waals surface area contributed by atoms with Crippen molar-refractivity contribution in [3.05, 3.63) is 12.4 Å². The molecule has 5 heteroatoms. The van der Waals surface area contributed by atoms with Crippen molar-refractivity contribution < 1.29 is 4.79 Å². The first-order valence-electron chi connectivity index (χ1n) is 7.31. The van der Waals surface area contributed by atoms with E-state index in [9.17, 15) is 4.79 Å². The molecule has 1 aromatic rings. The van der Waals surface area contributed by atoms with Crippen LogP contribution in [0, 0.1) is 11.8 Å². The van der Waals surface area contributed by atoms with Crippen LogP contribution in [0.25, 0.3) is 0 Å². The first-order chi connectivity index (χ1) is 9.16. The van der Waals surface area contributed by atoms with Crippen molar-refractivity contribution in [1.29, 1.82) is 0 Å². The molecule has 2 rings (SSSR count). The Kier molecular flexibility index (Phi) is 4.93. The smallest absolute Gasteiger partial charge is 0.223 e. The van der Waals surface area contributed by atoms with Gasteiger partial charge in [0.15, 0.2) is 0 Å². The molecule has 1 heterocycles. The Hall–Kier alpha value is -1.39. The zero-order chi connectivity index (χ0) is 13.7. The van der Waals surface area contributed by atoms with Gasteiger partial charge in [0, 0.05) is 5.92 Å². The van der Waals surface area contributed by atoms with Gasteiger partial charge in [-0.15, -0.1) is 0 Å². The second kappa shape index (κ2) is 6.68. The predicted molar refractivity (Wildman–Crippen MR) is 73.4 cm³/mol. The summed E-state index contributed by atoms with van der Waals surface area (Å²) in [5.74, 6) is 0.796. The van der Waals surface area contributed by atoms with Crippen LogP contribution in [0.15, 0.2) is 12.4 Å². The van der Waals surface area contributed by atoms with E-state index in [1.807, 2.05) is 0 Å². The maximum Gasteiger partial charge on any atom is 0.223 e. The second-order valence-electron chi connectivity index (χ2n) is 5.78. The van der Waals surface area contributed by atoms with E-state index < -0.39 is 0 Å². The van der Waals surface area contributed by atoms with E-state index in [1.165, 1.54) is 19.3 Å². The van der Waals surface area contributed by atoms with Crippen LogP contribution in [0.1, 0.15) is 46.0 Å². The van der Waals surface area contributed by atoms with E-state index in [0.717, 1.165) is 12.8 Å². The van der Waals surface area contributed by atoms with E-state index in [0.29, 0.717) is 12.5 Å². The summed E-state index contributed by atoms with van der Waals surface area (Å²) in [4.78, 5) is 13.9. The van der Waals surface area contributed by atoms with Crippen LogP contribution in [0.3, 0.4) is 0 Å². The Morgan fingerprint density at radius 2 is 1.89 bits per heavy atom. The van der Waals surface area contributed by atoms with Crippen molar-refractivity contribution in [3.8, 4) is 0 Å². The minimum absolute atomic E-state index is 0.0989. The van der Waals surface area contributed by atoms with Crippen molar-refractivity contribution in [2.24, 2.45) is 11.8 Å². The van der Waals surface area contributed by atoms with E-state index >= 15 is 0 Å². The van der Waals surface area contributed by atoms with E-state index in [1.54, 1.807) is 17.2 Å². The number of carbonyl (C=O) groups is 1. The van der Waals surface area contributed by atoms with Crippen molar-refractivity contribution in [2.75, 3.05) is 0 Å². The number of nitrogens with one attached hydrogen (secondary N) is 1. The minimum Gasteiger partial charge on any atom is -0.351 e. The van der Waals surface area contributed by atoms with Crippen LogP contribution < -0.4 is 5.32 Å². The van der Waals surface area contributed by atoms with Crippen molar-refractivity contribution in [2.45, 2.75) is 58.5 Å². The zero-order valence-corrected chi connectivity index (χ0v) is 11.9. The molecule has 1 aliphatic carbocycles. The molecule has 1 amide bonds. The van der Waals surface area contributed by atoms with Gasteiger partial charge in [0.25, 0.3) is 0 Å². The Morgan fingerprint density at radius 3 is 2.47 bits per heavy atom. The summed E-state index contributed by atoms with van der Waals surface area (Å²) < 4.78 is 0. The lowest BCUT2D eigenvalue weighted by Crippen LogP contribution is -2.45. The lowest BCUT2D eigenvalue weighted by molar-refractivity contribution is -0.127. The Balaban J connectivity index is 1.90. The summed E-state index contributed by atoms with van der Waals surface area (Å²) in [6.07, 6.45) is 9.05. The highest BCUT2D eigenvalue weighted by molar-refractivity contribution is 5.79. The number of hydrogen-bond acceptors (Lipinski definition) is 3. The van der Waals surface area contributed by atoms with Gasteiger partial charge in [-0.1, -0.05) is 33.1 Å². The van der Waals surface area contributed by atoms with Gasteiger partial charge in [-0.2, -0.15) is 15.0 Å². The van der Waals surface area contributed by atoms with Gasteiger partial charge < -0.3 is 5.32 Å². The van der Waals surface area contributed by atoms with Gasteiger partial charge in [-0.05, 0) is 18.8 Å². The largest absolute Gasteiger partial charge is 0.351 e. The monoisotopic (exact) mass is 264 g/mol. The van der Waals surface area contributed by atoms with Crippen LogP contribution in [-0.2, 0) is 11.3 Å². The number of nitrogens with zero attached hydrogens (tertiary/aromatic N) is 3. The lowest BCUT2D eigenvalue weighted by atomic mass is 9.88. The van der Waals surface area contributed by atoms with Gasteiger partial charge in [0.05, 0.1) is 25.0 Å². The third-order valence-corrected chi connectivity index (χ3v) is 3.93. The first kappa shape index (κ1) is 14.0. The summed E-state index contributed by atoms with van der Waals surface area (Å²) in [6.45, 7) is 4.88. The topological polar surface area (TPSA) is 59.8 Å². The number of carbonyl (C=O) groups excluding carboxylic acids is 1. The molecule has 0 radical (unpaired) electrons. The average molecular weight is 264 g/mol. The number of rotatable bonds is 5. The highest BCUT2D eigenvalue weighted by Gasteiger charge is 2.25. The average Bonchev–Trinajstić information content (AvgIpc) is 2.91. The molecule has 1 aromatic heterocycles. The Bertz CT molecular complexity index is 382. The molecule has 1 aliphatic rings. The fourth-order valence-electron chi connectivity index (χ4n) is 2.60. The number of amides is 1. The van der Waals surface area contributed by atoms with Crippen molar-refractivity contribution in [1.82, 2.24) is 20.3 Å². The number of hydrogen-bond donors (Lipinski definition) is 1. The van der Waals surface area contributed by atoms with Gasteiger partial charge in [-0.25, -0.2) is 0 Å². The zero-order valence-electron chi connectivity index (χ0n) is 11.9. The SMILES string of the molecule is CC(C)C(Cn1nccn1)NC(=O)C1CCCCC1. The van der Waals surface area contributed by atoms with Crippen LogP contribution in [0.4, 0.5) is 0 Å². The lowest BCUT2D eigenvalue weighted by Gasteiger charge is -2.26. The molecule has 0 spiro atoms. The molecule has 5 nitrogen and oxygen atoms in total. The molecule has 0 aromatic carbocycles. The minimum atomic E-state index is 0.0989. The predicted octanol–water partition coefficient (Wildman–Crippen LogP) is 2.00. The first-order valence-corrected chi connectivity index (χ1v) is 7.31. The summed E-state index contributed by atoms with van der Waals surface area (Å²) in [5.41, 5.74) is 0. The molecule has 1 atom stereocenters. The molecule has 19 heavy (non-hydrogen) atoms. The Labute approximate surface area is 114 Å². The summed E-state index contributed by atoms with van der Waals surface area (Å²) in [6, 6.07) is 0.0989. The van der Waals surface area contributed by atoms with Crippen LogP contribution in [-0.4, -0.2) is 26.9 Å². The molecule has 1 unspecified atom stereocenters. The van der Waals surface area contributed by atoms with Crippen LogP contribution >= 0.6 is 0 Å². The normalized spacial score (nSPS) is 18.5. The van der Waals surface area contributed by atoms with E-state index in [4.69, 9.17) is 0 Å². The van der Waals surface area contributed by atoms with Crippen LogP contribution in [0.5, 0.6) is 0 Å². The van der Waals surface area contributed by atoms with E-state index in [-0.39, 0.29) is 17.9 Å². The number of aromatic nitrogens is 3. The molecule has 106 valence electrons. The summed E-state index contributed by atoms with van der Waals surface area (Å²) in [5, 5.41) is 11.4. The van der Waals surface area contributed by atoms with Gasteiger partial charge in [0.2, 0.25) is 5.91 Å². The maximum atomic E-state index is 12.3. The summed E-state index contributed by atoms with van der Waals surface area (Å²) in [7, 11) is 0. The van der Waals surface area contributed by atoms with Gasteiger partial charge in [-0.3, -0.25) is 4.79 Å². The highest BCUT2D eigenvalue weighted by Crippen LogP contribution is 2.24. The molecular weight excluding hydrogens is 240 g/mol. The van der Waals surface area contributed by atoms with Crippen LogP contribution in [0.2, 0.25) is 0 Å². The second-order valence-corrected chi connectivity index (χ2v) is 5.78. The summed E-state index contributed by atoms with van der Waals surface area (Å²) >= 11 is 0. The fourth-order valence-corrected chi connectivity index (χ4v) is 2.60. The van der Waals surface area contributed by atoms with Gasteiger partial charge >= 0.3 is 0 Å². The molecule has 1 N–H and O–H groups in total. The molecular formula is C14H24N4O. The Morgan fingerprint density at radius 1 is 1.26 bits per heavy atom. The van der Waals surface area contributed by atoms with Crippen molar-refractivity contribution >= 4 is 5.91 Å². The standard InChI is InChI=1S/C14H24N4O/c1-11(2)13(10-18-15-8-9-16-18)17-14(19)12-6-4-3-5-7-12/h8-9,11-13H,3-7,10H2,1-2H3,(H,17,19). The molecule has 0 aliphatic heterocycles. The molecule has 0 saturated heterocycles. The third-order valence-electron chi connectivity index (χ3n) is 3.93. The molecule has 0 bridgehead atoms. The van der Waals surface area contributed by atoms with Gasteiger partial charge in [0.1, 0.15) is 0 Å². The fraction of sp³-hybridized carbons (Fsp3) is 0.786. The molecule has 1 saturated carbocycles. The third kappa shape index (κ3) is 4.04.